The van der Waals surface area contributed by atoms with Crippen LogP contribution in [-0.4, -0.2) is 30.9 Å². The minimum Gasteiger partial charge on any atom is -0.488 e. The van der Waals surface area contributed by atoms with Crippen molar-refractivity contribution in [1.29, 1.82) is 0 Å². The minimum atomic E-state index is -0.536. The number of carbonyl (C=O) groups excluding carboxylic acids is 2. The molecule has 2 aromatic rings. The molecular weight excluding hydrogens is 366 g/mol. The second-order valence-electron chi connectivity index (χ2n) is 7.00. The summed E-state index contributed by atoms with van der Waals surface area (Å²) in [6, 6.07) is 14.5. The lowest BCUT2D eigenvalue weighted by Crippen LogP contribution is -2.39. The van der Waals surface area contributed by atoms with E-state index in [1.54, 1.807) is 12.1 Å². The zero-order chi connectivity index (χ0) is 19.2. The third kappa shape index (κ3) is 7.04. The van der Waals surface area contributed by atoms with Gasteiger partial charge in [0.2, 0.25) is 0 Å². The highest BCUT2D eigenvalue weighted by Crippen LogP contribution is 2.23. The van der Waals surface area contributed by atoms with E-state index in [1.807, 2.05) is 51.1 Å². The highest BCUT2D eigenvalue weighted by molar-refractivity contribution is 6.01. The Morgan fingerprint density at radius 1 is 1.04 bits per heavy atom. The average Bonchev–Trinajstić information content (AvgIpc) is 2.64. The molecule has 146 valence electrons. The molecule has 0 aromatic heterocycles. The lowest BCUT2D eigenvalue weighted by molar-refractivity contribution is 0.0595. The molecule has 2 aromatic carbocycles. The predicted octanol–water partition coefficient (Wildman–Crippen LogP) is 4.04. The first-order valence-electron chi connectivity index (χ1n) is 8.47. The molecule has 0 saturated heterocycles. The van der Waals surface area contributed by atoms with Crippen LogP contribution in [0, 0.1) is 0 Å². The molecule has 0 aliphatic rings. The van der Waals surface area contributed by atoms with Crippen LogP contribution in [0.2, 0.25) is 0 Å². The number of rotatable bonds is 7. The molecule has 0 spiro atoms. The van der Waals surface area contributed by atoms with Gasteiger partial charge in [-0.05, 0) is 44.5 Å². The van der Waals surface area contributed by atoms with E-state index in [-0.39, 0.29) is 35.8 Å². The van der Waals surface area contributed by atoms with Gasteiger partial charge in [0.15, 0.2) is 5.78 Å². The average molecular weight is 392 g/mol. The quantitative estimate of drug-likeness (QED) is 0.570. The van der Waals surface area contributed by atoms with Gasteiger partial charge in [0, 0.05) is 11.1 Å². The maximum atomic E-state index is 12.4. The highest BCUT2D eigenvalue weighted by Gasteiger charge is 2.18. The van der Waals surface area contributed by atoms with Gasteiger partial charge in [0.1, 0.15) is 17.9 Å². The van der Waals surface area contributed by atoms with Crippen LogP contribution in [0.25, 0.3) is 0 Å². The number of methoxy groups -OCH3 is 1. The number of ketones is 1. The van der Waals surface area contributed by atoms with Crippen molar-refractivity contribution in [2.75, 3.05) is 13.7 Å². The summed E-state index contributed by atoms with van der Waals surface area (Å²) >= 11 is 0. The van der Waals surface area contributed by atoms with Gasteiger partial charge in [-0.2, -0.15) is 0 Å². The van der Waals surface area contributed by atoms with Crippen molar-refractivity contribution in [2.45, 2.75) is 32.9 Å². The molecule has 6 heteroatoms. The van der Waals surface area contributed by atoms with E-state index < -0.39 is 5.97 Å². The summed E-state index contributed by atoms with van der Waals surface area (Å²) in [7, 11) is 1.30. The summed E-state index contributed by atoms with van der Waals surface area (Å²) in [5.41, 5.74) is 1.50. The van der Waals surface area contributed by atoms with Crippen molar-refractivity contribution in [3.8, 4) is 5.75 Å². The smallest absolute Gasteiger partial charge is 0.341 e. The maximum Gasteiger partial charge on any atom is 0.341 e. The Kier molecular flexibility index (Phi) is 8.47. The Bertz CT molecular complexity index is 769. The van der Waals surface area contributed by atoms with Crippen LogP contribution in [-0.2, 0) is 11.3 Å². The van der Waals surface area contributed by atoms with Crippen LogP contribution < -0.4 is 10.1 Å². The van der Waals surface area contributed by atoms with E-state index in [4.69, 9.17) is 9.47 Å². The fourth-order valence-corrected chi connectivity index (χ4v) is 2.28. The third-order valence-electron chi connectivity index (χ3n) is 3.72. The molecule has 0 saturated carbocycles. The van der Waals surface area contributed by atoms with Crippen molar-refractivity contribution in [3.63, 3.8) is 0 Å². The highest BCUT2D eigenvalue weighted by atomic mass is 35.5. The second kappa shape index (κ2) is 10.1. The largest absolute Gasteiger partial charge is 0.488 e. The van der Waals surface area contributed by atoms with Crippen LogP contribution in [0.4, 0.5) is 0 Å². The van der Waals surface area contributed by atoms with Gasteiger partial charge < -0.3 is 14.8 Å². The summed E-state index contributed by atoms with van der Waals surface area (Å²) in [5, 5.41) is 3.15. The fourth-order valence-electron chi connectivity index (χ4n) is 2.28. The van der Waals surface area contributed by atoms with E-state index in [1.165, 1.54) is 13.2 Å². The molecule has 0 bridgehead atoms. The van der Waals surface area contributed by atoms with Crippen molar-refractivity contribution in [2.24, 2.45) is 0 Å². The zero-order valence-corrected chi connectivity index (χ0v) is 16.9. The van der Waals surface area contributed by atoms with E-state index in [0.717, 1.165) is 5.56 Å². The SMILES string of the molecule is COC(=O)c1cc(C(=O)CNC(C)(C)C)ccc1OCc1ccccc1.Cl. The molecule has 0 radical (unpaired) electrons. The Hall–Kier alpha value is -2.37. The number of carbonyl (C=O) groups is 2. The normalized spacial score (nSPS) is 10.7. The summed E-state index contributed by atoms with van der Waals surface area (Å²) in [6.45, 7) is 6.47. The molecule has 0 heterocycles. The van der Waals surface area contributed by atoms with Crippen molar-refractivity contribution >= 4 is 24.2 Å². The molecular formula is C21H26ClNO4. The van der Waals surface area contributed by atoms with Crippen LogP contribution in [0.3, 0.4) is 0 Å². The van der Waals surface area contributed by atoms with Crippen molar-refractivity contribution in [3.05, 3.63) is 65.2 Å². The summed E-state index contributed by atoms with van der Waals surface area (Å²) < 4.78 is 10.6. The van der Waals surface area contributed by atoms with Crippen molar-refractivity contribution in [1.82, 2.24) is 5.32 Å². The van der Waals surface area contributed by atoms with Gasteiger partial charge in [-0.1, -0.05) is 30.3 Å². The third-order valence-corrected chi connectivity index (χ3v) is 3.72. The van der Waals surface area contributed by atoms with Crippen molar-refractivity contribution < 1.29 is 19.1 Å². The molecule has 0 unspecified atom stereocenters. The molecule has 1 N–H and O–H groups in total. The van der Waals surface area contributed by atoms with Crippen LogP contribution in [0.15, 0.2) is 48.5 Å². The van der Waals surface area contributed by atoms with E-state index >= 15 is 0 Å². The number of hydrogen-bond acceptors (Lipinski definition) is 5. The van der Waals surface area contributed by atoms with E-state index in [2.05, 4.69) is 5.32 Å². The van der Waals surface area contributed by atoms with Crippen LogP contribution in [0.5, 0.6) is 5.75 Å². The monoisotopic (exact) mass is 391 g/mol. The zero-order valence-electron chi connectivity index (χ0n) is 16.1. The maximum absolute atomic E-state index is 12.4. The fraction of sp³-hybridized carbons (Fsp3) is 0.333. The van der Waals surface area contributed by atoms with Gasteiger partial charge >= 0.3 is 5.97 Å². The van der Waals surface area contributed by atoms with Gasteiger partial charge in [-0.3, -0.25) is 4.79 Å². The lowest BCUT2D eigenvalue weighted by atomic mass is 10.0. The molecule has 0 aliphatic carbocycles. The number of ether oxygens (including phenoxy) is 2. The molecule has 0 fully saturated rings. The van der Waals surface area contributed by atoms with Gasteiger partial charge in [0.25, 0.3) is 0 Å². The first-order chi connectivity index (χ1) is 12.3. The summed E-state index contributed by atoms with van der Waals surface area (Å²) in [4.78, 5) is 24.5. The topological polar surface area (TPSA) is 64.6 Å². The molecule has 5 nitrogen and oxygen atoms in total. The molecule has 2 rings (SSSR count). The molecule has 27 heavy (non-hydrogen) atoms. The van der Waals surface area contributed by atoms with E-state index in [9.17, 15) is 9.59 Å². The number of nitrogens with one attached hydrogen (secondary N) is 1. The minimum absolute atomic E-state index is 0. The molecule has 0 amide bonds. The lowest BCUT2D eigenvalue weighted by Gasteiger charge is -2.20. The number of hydrogen-bond donors (Lipinski definition) is 1. The first-order valence-corrected chi connectivity index (χ1v) is 8.47. The second-order valence-corrected chi connectivity index (χ2v) is 7.00. The number of halogens is 1. The standard InChI is InChI=1S/C21H25NO4.ClH/c1-21(2,3)22-13-18(23)16-10-11-19(17(12-16)20(24)25-4)26-14-15-8-6-5-7-9-15;/h5-12,22H,13-14H2,1-4H3;1H. The Balaban J connectivity index is 0.00000364. The van der Waals surface area contributed by atoms with Gasteiger partial charge in [0.05, 0.1) is 13.7 Å². The van der Waals surface area contributed by atoms with Crippen LogP contribution in [0.1, 0.15) is 47.1 Å². The summed E-state index contributed by atoms with van der Waals surface area (Å²) in [5.74, 6) is -0.243. The molecule has 0 aliphatic heterocycles. The van der Waals surface area contributed by atoms with Gasteiger partial charge in [-0.15, -0.1) is 12.4 Å². The molecule has 0 atom stereocenters. The summed E-state index contributed by atoms with van der Waals surface area (Å²) in [6.07, 6.45) is 0. The Morgan fingerprint density at radius 2 is 1.70 bits per heavy atom. The van der Waals surface area contributed by atoms with Crippen LogP contribution >= 0.6 is 12.4 Å². The van der Waals surface area contributed by atoms with Gasteiger partial charge in [-0.25, -0.2) is 4.79 Å². The van der Waals surface area contributed by atoms with E-state index in [0.29, 0.717) is 17.9 Å². The number of esters is 1. The number of Topliss-reactive ketones (excluding diaryl/α,β-unsaturated/α-hetero) is 1. The first kappa shape index (κ1) is 22.7. The Labute approximate surface area is 166 Å². The Morgan fingerprint density at radius 3 is 2.30 bits per heavy atom. The number of benzene rings is 2. The predicted molar refractivity (Wildman–Crippen MR) is 108 cm³/mol.